The van der Waals surface area contributed by atoms with Gasteiger partial charge in [-0.15, -0.1) is 5.10 Å². The van der Waals surface area contributed by atoms with Crippen LogP contribution in [0, 0.1) is 0 Å². The highest BCUT2D eigenvalue weighted by molar-refractivity contribution is 5.46. The van der Waals surface area contributed by atoms with E-state index in [0.29, 0.717) is 31.5 Å². The monoisotopic (exact) mass is 315 g/mol. The van der Waals surface area contributed by atoms with E-state index in [9.17, 15) is 0 Å². The summed E-state index contributed by atoms with van der Waals surface area (Å²) in [6.45, 7) is 3.86. The average molecular weight is 315 g/mol. The maximum absolute atomic E-state index is 5.38. The van der Waals surface area contributed by atoms with Crippen molar-refractivity contribution < 1.29 is 14.2 Å². The van der Waals surface area contributed by atoms with Crippen molar-refractivity contribution in [3.63, 3.8) is 0 Å². The van der Waals surface area contributed by atoms with Crippen LogP contribution in [0.2, 0.25) is 0 Å². The van der Waals surface area contributed by atoms with Crippen molar-refractivity contribution in [2.24, 2.45) is 0 Å². The summed E-state index contributed by atoms with van der Waals surface area (Å²) < 4.78 is 16.0. The van der Waals surface area contributed by atoms with Gasteiger partial charge in [-0.1, -0.05) is 6.07 Å². The molecule has 8 heteroatoms. The van der Waals surface area contributed by atoms with Crippen LogP contribution < -0.4 is 19.7 Å². The van der Waals surface area contributed by atoms with Gasteiger partial charge in [-0.05, 0) is 17.7 Å². The smallest absolute Gasteiger partial charge is 0.247 e. The zero-order valence-corrected chi connectivity index (χ0v) is 12.6. The molecule has 2 aliphatic heterocycles. The first kappa shape index (κ1) is 14.0. The molecule has 3 heterocycles. The van der Waals surface area contributed by atoms with Crippen LogP contribution in [-0.2, 0) is 11.3 Å². The average Bonchev–Trinajstić information content (AvgIpc) is 3.09. The van der Waals surface area contributed by atoms with Crippen molar-refractivity contribution in [1.29, 1.82) is 0 Å². The lowest BCUT2D eigenvalue weighted by Crippen LogP contribution is -2.37. The summed E-state index contributed by atoms with van der Waals surface area (Å²) in [5, 5.41) is 11.4. The van der Waals surface area contributed by atoms with Crippen molar-refractivity contribution in [2.75, 3.05) is 43.3 Å². The van der Waals surface area contributed by atoms with E-state index in [2.05, 4.69) is 25.4 Å². The van der Waals surface area contributed by atoms with Gasteiger partial charge >= 0.3 is 0 Å². The van der Waals surface area contributed by atoms with Gasteiger partial charge in [-0.2, -0.15) is 10.1 Å². The Hall–Kier alpha value is -2.61. The molecule has 0 atom stereocenters. The molecule has 1 fully saturated rings. The van der Waals surface area contributed by atoms with Crippen molar-refractivity contribution in [1.82, 2.24) is 15.2 Å². The summed E-state index contributed by atoms with van der Waals surface area (Å²) in [6.07, 6.45) is 1.62. The van der Waals surface area contributed by atoms with Gasteiger partial charge in [-0.3, -0.25) is 0 Å². The van der Waals surface area contributed by atoms with E-state index in [-0.39, 0.29) is 6.79 Å². The van der Waals surface area contributed by atoms with Crippen LogP contribution in [0.5, 0.6) is 11.5 Å². The van der Waals surface area contributed by atoms with Crippen molar-refractivity contribution in [2.45, 2.75) is 6.54 Å². The van der Waals surface area contributed by atoms with E-state index < -0.39 is 0 Å². The van der Waals surface area contributed by atoms with E-state index >= 15 is 0 Å². The first-order valence-corrected chi connectivity index (χ1v) is 7.53. The Labute approximate surface area is 133 Å². The zero-order valence-electron chi connectivity index (χ0n) is 12.6. The Morgan fingerprint density at radius 3 is 2.91 bits per heavy atom. The number of anilines is 2. The maximum Gasteiger partial charge on any atom is 0.247 e. The van der Waals surface area contributed by atoms with Gasteiger partial charge < -0.3 is 24.4 Å². The molecular weight excluding hydrogens is 298 g/mol. The lowest BCUT2D eigenvalue weighted by Gasteiger charge is -2.26. The molecule has 2 aliphatic rings. The first-order valence-electron chi connectivity index (χ1n) is 7.53. The molecule has 0 spiro atoms. The lowest BCUT2D eigenvalue weighted by atomic mass is 10.2. The zero-order chi connectivity index (χ0) is 15.5. The third-order valence-corrected chi connectivity index (χ3v) is 3.75. The number of fused-ring (bicyclic) bond motifs is 1. The topological polar surface area (TPSA) is 81.6 Å². The normalized spacial score (nSPS) is 16.4. The number of ether oxygens (including phenoxy) is 3. The quantitative estimate of drug-likeness (QED) is 0.896. The van der Waals surface area contributed by atoms with E-state index in [1.165, 1.54) is 0 Å². The van der Waals surface area contributed by atoms with Gasteiger partial charge in [-0.25, -0.2) is 0 Å². The predicted molar refractivity (Wildman–Crippen MR) is 82.8 cm³/mol. The summed E-state index contributed by atoms with van der Waals surface area (Å²) >= 11 is 0. The molecule has 2 aromatic rings. The van der Waals surface area contributed by atoms with E-state index in [1.807, 2.05) is 18.2 Å². The molecule has 120 valence electrons. The second-order valence-corrected chi connectivity index (χ2v) is 5.28. The van der Waals surface area contributed by atoms with Crippen LogP contribution in [0.3, 0.4) is 0 Å². The highest BCUT2D eigenvalue weighted by atomic mass is 16.7. The minimum Gasteiger partial charge on any atom is -0.454 e. The SMILES string of the molecule is c1cc2c(cc1CNc1cnnc(N3CCOCC3)n1)OCO2. The second kappa shape index (κ2) is 6.25. The number of nitrogens with one attached hydrogen (secondary N) is 1. The molecule has 1 aromatic carbocycles. The Balaban J connectivity index is 1.42. The van der Waals surface area contributed by atoms with Gasteiger partial charge in [0.15, 0.2) is 17.3 Å². The van der Waals surface area contributed by atoms with E-state index in [1.54, 1.807) is 6.20 Å². The molecule has 23 heavy (non-hydrogen) atoms. The largest absolute Gasteiger partial charge is 0.454 e. The predicted octanol–water partition coefficient (Wildman–Crippen LogP) is 1.05. The van der Waals surface area contributed by atoms with Crippen LogP contribution in [-0.4, -0.2) is 48.3 Å². The van der Waals surface area contributed by atoms with Crippen LogP contribution >= 0.6 is 0 Å². The van der Waals surface area contributed by atoms with Gasteiger partial charge in [0.25, 0.3) is 0 Å². The van der Waals surface area contributed by atoms with Gasteiger partial charge in [0.1, 0.15) is 0 Å². The fraction of sp³-hybridized carbons (Fsp3) is 0.400. The van der Waals surface area contributed by atoms with Crippen LogP contribution in [0.1, 0.15) is 5.56 Å². The lowest BCUT2D eigenvalue weighted by molar-refractivity contribution is 0.122. The minimum atomic E-state index is 0.283. The third-order valence-electron chi connectivity index (χ3n) is 3.75. The van der Waals surface area contributed by atoms with Crippen LogP contribution in [0.4, 0.5) is 11.8 Å². The Bertz CT molecular complexity index is 691. The molecule has 0 amide bonds. The fourth-order valence-electron chi connectivity index (χ4n) is 2.52. The van der Waals surface area contributed by atoms with Crippen LogP contribution in [0.15, 0.2) is 24.4 Å². The number of hydrogen-bond acceptors (Lipinski definition) is 8. The highest BCUT2D eigenvalue weighted by Crippen LogP contribution is 2.32. The highest BCUT2D eigenvalue weighted by Gasteiger charge is 2.15. The summed E-state index contributed by atoms with van der Waals surface area (Å²) in [4.78, 5) is 6.59. The van der Waals surface area contributed by atoms with Gasteiger partial charge in [0.05, 0.1) is 19.4 Å². The van der Waals surface area contributed by atoms with Gasteiger partial charge in [0, 0.05) is 19.6 Å². The van der Waals surface area contributed by atoms with E-state index in [4.69, 9.17) is 14.2 Å². The summed E-state index contributed by atoms with van der Waals surface area (Å²) in [6, 6.07) is 5.88. The van der Waals surface area contributed by atoms with Crippen molar-refractivity contribution >= 4 is 11.8 Å². The summed E-state index contributed by atoms with van der Waals surface area (Å²) in [7, 11) is 0. The number of morpholine rings is 1. The minimum absolute atomic E-state index is 0.283. The summed E-state index contributed by atoms with van der Waals surface area (Å²) in [5.41, 5.74) is 1.08. The first-order chi connectivity index (χ1) is 11.4. The number of hydrogen-bond donors (Lipinski definition) is 1. The molecular formula is C15H17N5O3. The van der Waals surface area contributed by atoms with Crippen LogP contribution in [0.25, 0.3) is 0 Å². The van der Waals surface area contributed by atoms with E-state index in [0.717, 1.165) is 30.2 Å². The molecule has 0 saturated carbocycles. The fourth-order valence-corrected chi connectivity index (χ4v) is 2.52. The maximum atomic E-state index is 5.38. The molecule has 0 radical (unpaired) electrons. The Morgan fingerprint density at radius 1 is 1.13 bits per heavy atom. The number of rotatable bonds is 4. The summed E-state index contributed by atoms with van der Waals surface area (Å²) in [5.74, 6) is 2.88. The molecule has 8 nitrogen and oxygen atoms in total. The number of nitrogens with zero attached hydrogens (tertiary/aromatic N) is 4. The molecule has 1 N–H and O–H groups in total. The van der Waals surface area contributed by atoms with Crippen molar-refractivity contribution in [3.05, 3.63) is 30.0 Å². The Morgan fingerprint density at radius 2 is 2.00 bits per heavy atom. The third kappa shape index (κ3) is 3.11. The van der Waals surface area contributed by atoms with Crippen molar-refractivity contribution in [3.8, 4) is 11.5 Å². The standard InChI is InChI=1S/C15H17N5O3/c1-2-12-13(23-10-22-12)7-11(1)8-16-14-9-17-19-15(18-14)20-3-5-21-6-4-20/h1-2,7,9H,3-6,8,10H2,(H,16,18,19). The molecule has 4 rings (SSSR count). The second-order valence-electron chi connectivity index (χ2n) is 5.28. The molecule has 0 unspecified atom stereocenters. The number of aromatic nitrogens is 3. The molecule has 0 bridgehead atoms. The Kier molecular flexibility index (Phi) is 3.81. The number of benzene rings is 1. The molecule has 1 saturated heterocycles. The van der Waals surface area contributed by atoms with Gasteiger partial charge in [0.2, 0.25) is 12.7 Å². The molecule has 0 aliphatic carbocycles. The molecule has 1 aromatic heterocycles.